The molecule has 0 aromatic rings. The summed E-state index contributed by atoms with van der Waals surface area (Å²) < 4.78 is 0. The van der Waals surface area contributed by atoms with Crippen molar-refractivity contribution >= 4 is 23.1 Å². The molecule has 1 nitrogen and oxygen atoms in total. The number of carbonyl (C=O) groups excluding carboxylic acids is 1. The molecule has 1 N–H and O–H groups in total. The zero-order valence-corrected chi connectivity index (χ0v) is 7.21. The first-order chi connectivity index (χ1) is 3.77. The number of hydrogen-bond donors (Lipinski definition) is 0. The lowest BCUT2D eigenvalue weighted by molar-refractivity contribution is 0.639. The highest BCUT2D eigenvalue weighted by molar-refractivity contribution is 5.76. The lowest BCUT2D eigenvalue weighted by Gasteiger charge is -1.92. The Hall–Kier alpha value is 0.202. The van der Waals surface area contributed by atoms with E-state index in [1.807, 2.05) is 0 Å². The highest BCUT2D eigenvalue weighted by atomic mass is 27.0. The van der Waals surface area contributed by atoms with Crippen molar-refractivity contribution in [2.75, 3.05) is 0 Å². The van der Waals surface area contributed by atoms with Crippen molar-refractivity contribution in [1.82, 2.24) is 0 Å². The highest BCUT2D eigenvalue weighted by Crippen LogP contribution is 1.97. The van der Waals surface area contributed by atoms with Gasteiger partial charge in [0.15, 0.2) is 0 Å². The lowest BCUT2D eigenvalue weighted by Crippen LogP contribution is -1.88. The van der Waals surface area contributed by atoms with E-state index in [9.17, 15) is 0 Å². The van der Waals surface area contributed by atoms with Gasteiger partial charge in [0.1, 0.15) is 0 Å². The summed E-state index contributed by atoms with van der Waals surface area (Å²) in [7, 11) is 0. The minimum Gasteiger partial charge on any atom is -0.343 e. The summed E-state index contributed by atoms with van der Waals surface area (Å²) in [6.45, 7) is 5.43. The average Bonchev–Trinajstić information content (AvgIpc) is 1.66. The van der Waals surface area contributed by atoms with Crippen LogP contribution >= 0.6 is 0 Å². The molecule has 0 bridgehead atoms. The quantitative estimate of drug-likeness (QED) is 0.248. The van der Waals surface area contributed by atoms with Crippen LogP contribution in [0.5, 0.6) is 0 Å². The van der Waals surface area contributed by atoms with E-state index in [-0.39, 0.29) is 18.8 Å². The molecule has 0 aromatic heterocycles. The second-order valence-corrected chi connectivity index (χ2v) is 2.05. The van der Waals surface area contributed by atoms with Crippen molar-refractivity contribution in [3.63, 3.8) is 0 Å². The molecule has 3 radical (unpaired) electrons. The van der Waals surface area contributed by atoms with Crippen LogP contribution in [0.15, 0.2) is 0 Å². The Labute approximate surface area is 69.4 Å². The fourth-order valence-electron chi connectivity index (χ4n) is 0.558. The first kappa shape index (κ1) is 11.9. The highest BCUT2D eigenvalue weighted by Gasteiger charge is 1.95. The fraction of sp³-hybridized carbons (Fsp3) is 0.714. The van der Waals surface area contributed by atoms with Gasteiger partial charge in [-0.3, -0.25) is 4.79 Å². The molecule has 0 aliphatic carbocycles. The predicted octanol–water partition coefficient (Wildman–Crippen LogP) is 1.81. The van der Waals surface area contributed by atoms with Crippen LogP contribution in [-0.2, 0) is 0 Å². The Bertz CT molecular complexity index is 76.0. The van der Waals surface area contributed by atoms with Crippen molar-refractivity contribution in [3.05, 3.63) is 6.92 Å². The normalized spacial score (nSPS) is 8.22. The van der Waals surface area contributed by atoms with Gasteiger partial charge >= 0.3 is 0 Å². The van der Waals surface area contributed by atoms with E-state index in [0.717, 1.165) is 25.7 Å². The van der Waals surface area contributed by atoms with E-state index in [1.54, 1.807) is 6.92 Å². The summed E-state index contributed by atoms with van der Waals surface area (Å²) in [5.74, 6) is 0.540. The van der Waals surface area contributed by atoms with Crippen LogP contribution in [0, 0.1) is 6.92 Å². The van der Waals surface area contributed by atoms with Gasteiger partial charge in [0.25, 0.3) is 5.78 Å². The summed E-state index contributed by atoms with van der Waals surface area (Å²) in [5, 5.41) is 0. The maximum Gasteiger partial charge on any atom is 0.290 e. The summed E-state index contributed by atoms with van der Waals surface area (Å²) in [6.07, 6.45) is 4.02. The minimum atomic E-state index is 0. The summed E-state index contributed by atoms with van der Waals surface area (Å²) in [5.41, 5.74) is 0. The molecule has 0 rings (SSSR count). The van der Waals surface area contributed by atoms with Crippen molar-refractivity contribution in [3.8, 4) is 0 Å². The smallest absolute Gasteiger partial charge is 0.290 e. The van der Waals surface area contributed by atoms with E-state index in [2.05, 4.69) is 6.92 Å². The van der Waals surface area contributed by atoms with Gasteiger partial charge in [-0.2, -0.15) is 6.42 Å². The molecule has 0 spiro atoms. The van der Waals surface area contributed by atoms with Crippen LogP contribution in [0.1, 0.15) is 34.0 Å². The van der Waals surface area contributed by atoms with Crippen LogP contribution in [0.3, 0.4) is 0 Å². The van der Waals surface area contributed by atoms with Crippen LogP contribution in [0.4, 0.5) is 0 Å². The molecular formula is C7H16AlO. The van der Waals surface area contributed by atoms with Crippen LogP contribution in [-0.4, -0.2) is 27.9 Å². The van der Waals surface area contributed by atoms with Crippen LogP contribution in [0.2, 0.25) is 0 Å². The molecule has 0 unspecified atom stereocenters. The monoisotopic (exact) mass is 143 g/mol. The summed E-state index contributed by atoms with van der Waals surface area (Å²) >= 11 is 0. The predicted molar refractivity (Wildman–Crippen MR) is 44.3 cm³/mol. The zero-order chi connectivity index (χ0) is 6.41. The standard InChI is InChI=1S/C7H13O.Al.H2/c1-3-4-5-6-7(2)8;;/h1,3-6H2,2H3;;1H/q-1;;/p+1. The molecule has 0 aliphatic heterocycles. The summed E-state index contributed by atoms with van der Waals surface area (Å²) in [4.78, 5) is 8.68. The van der Waals surface area contributed by atoms with E-state index in [1.165, 1.54) is 0 Å². The number of hydrogen-bond acceptors (Lipinski definition) is 0. The van der Waals surface area contributed by atoms with E-state index in [0.29, 0.717) is 5.78 Å². The third kappa shape index (κ3) is 11.7. The van der Waals surface area contributed by atoms with Gasteiger partial charge in [0, 0.05) is 25.7 Å². The summed E-state index contributed by atoms with van der Waals surface area (Å²) in [6, 6.07) is 0. The lowest BCUT2D eigenvalue weighted by atomic mass is 10.2. The van der Waals surface area contributed by atoms with Gasteiger partial charge in [0.2, 0.25) is 0 Å². The zero-order valence-electron chi connectivity index (χ0n) is 6.06. The molecule has 2 heteroatoms. The van der Waals surface area contributed by atoms with Crippen LogP contribution in [0.25, 0.3) is 0 Å². The van der Waals surface area contributed by atoms with Crippen molar-refractivity contribution in [2.24, 2.45) is 0 Å². The third-order valence-electron chi connectivity index (χ3n) is 1.04. The number of rotatable bonds is 4. The Balaban J connectivity index is -0.000000245. The molecule has 53 valence electrons. The van der Waals surface area contributed by atoms with Crippen molar-refractivity contribution in [2.45, 2.75) is 32.6 Å². The Morgan fingerprint density at radius 1 is 1.56 bits per heavy atom. The Kier molecular flexibility index (Phi) is 10.9. The van der Waals surface area contributed by atoms with Gasteiger partial charge < -0.3 is 6.92 Å². The molecule has 0 atom stereocenters. The molecule has 9 heavy (non-hydrogen) atoms. The molecule has 0 saturated carbocycles. The van der Waals surface area contributed by atoms with Crippen LogP contribution < -0.4 is 0 Å². The molecular weight excluding hydrogens is 127 g/mol. The second kappa shape index (κ2) is 8.20. The SMILES string of the molecule is [Al].[CH2-]CCCCC(C)=[OH+].[HH]. The molecule has 0 fully saturated rings. The Morgan fingerprint density at radius 2 is 2.11 bits per heavy atom. The average molecular weight is 143 g/mol. The minimum absolute atomic E-state index is 0. The molecule has 0 aromatic carbocycles. The van der Waals surface area contributed by atoms with E-state index >= 15 is 0 Å². The largest absolute Gasteiger partial charge is 0.343 e. The molecule has 0 aliphatic rings. The topological polar surface area (TPSA) is 21.4 Å². The maximum absolute atomic E-state index is 8.68. The maximum atomic E-state index is 8.68. The third-order valence-corrected chi connectivity index (χ3v) is 1.04. The van der Waals surface area contributed by atoms with Gasteiger partial charge in [-0.25, -0.2) is 0 Å². The van der Waals surface area contributed by atoms with Crippen molar-refractivity contribution in [1.29, 1.82) is 0 Å². The number of unbranched alkanes of at least 4 members (excludes halogenated alkanes) is 2. The van der Waals surface area contributed by atoms with Gasteiger partial charge in [0.05, 0.1) is 6.42 Å². The van der Waals surface area contributed by atoms with Gasteiger partial charge in [-0.05, 0) is 6.42 Å². The molecule has 0 amide bonds. The first-order valence-electron chi connectivity index (χ1n) is 3.08. The van der Waals surface area contributed by atoms with E-state index in [4.69, 9.17) is 4.79 Å². The van der Waals surface area contributed by atoms with E-state index < -0.39 is 0 Å². The Morgan fingerprint density at radius 3 is 2.44 bits per heavy atom. The fourth-order valence-corrected chi connectivity index (χ4v) is 0.558. The molecule has 0 heterocycles. The van der Waals surface area contributed by atoms with Crippen molar-refractivity contribution < 1.29 is 6.22 Å². The van der Waals surface area contributed by atoms with Gasteiger partial charge in [-0.1, -0.05) is 6.42 Å². The van der Waals surface area contributed by atoms with Gasteiger partial charge in [-0.15, -0.1) is 0 Å². The number of ketones is 1. The molecule has 0 saturated heterocycles. The second-order valence-electron chi connectivity index (χ2n) is 2.05. The first-order valence-corrected chi connectivity index (χ1v) is 3.08.